The summed E-state index contributed by atoms with van der Waals surface area (Å²) in [4.78, 5) is 50.5. The number of nitrogens with one attached hydrogen (secondary N) is 3. The molecule has 3 amide bonds. The summed E-state index contributed by atoms with van der Waals surface area (Å²) >= 11 is 0. The largest absolute Gasteiger partial charge is 0.479 e. The Morgan fingerprint density at radius 3 is 1.18 bits per heavy atom. The van der Waals surface area contributed by atoms with Crippen LogP contribution < -0.4 is 16.0 Å². The molecule has 9 saturated heterocycles. The lowest BCUT2D eigenvalue weighted by atomic mass is 9.93. The van der Waals surface area contributed by atoms with Crippen LogP contribution in [0.1, 0.15) is 27.7 Å². The molecule has 0 saturated carbocycles. The van der Waals surface area contributed by atoms with Gasteiger partial charge in [0.15, 0.2) is 62.7 Å². The van der Waals surface area contributed by atoms with Crippen molar-refractivity contribution in [3.63, 3.8) is 0 Å². The lowest BCUT2D eigenvalue weighted by Crippen LogP contribution is -2.71. The van der Waals surface area contributed by atoms with E-state index < -0.39 is 346 Å². The first-order valence-electron chi connectivity index (χ1n) is 34.5. The molecule has 0 unspecified atom stereocenters. The average Bonchev–Trinajstić information content (AvgIpc) is 0.765. The van der Waals surface area contributed by atoms with Crippen molar-refractivity contribution in [2.24, 2.45) is 0 Å². The van der Waals surface area contributed by atoms with Gasteiger partial charge in [0, 0.05) is 20.8 Å². The fourth-order valence-electron chi connectivity index (χ4n) is 13.9. The summed E-state index contributed by atoms with van der Waals surface area (Å²) in [5, 5.41) is 283. The zero-order chi connectivity index (χ0) is 80.4. The molecule has 9 aliphatic heterocycles. The van der Waals surface area contributed by atoms with Gasteiger partial charge < -0.3 is 224 Å². The molecular weight excluding hydrogens is 1500 g/mol. The molecule has 9 heterocycles. The van der Waals surface area contributed by atoms with Crippen molar-refractivity contribution in [1.82, 2.24) is 16.0 Å². The fourth-order valence-corrected chi connectivity index (χ4v) is 13.9. The second-order valence-corrected chi connectivity index (χ2v) is 27.5. The van der Waals surface area contributed by atoms with Crippen LogP contribution in [0, 0.1) is 0 Å². The van der Waals surface area contributed by atoms with Gasteiger partial charge in [0.05, 0.1) is 52.4 Å². The molecule has 0 aliphatic carbocycles. The SMILES string of the molecule is CC(=O)N[C@@H]1[C@@H](O)[C@H](O[C@@H]2O[C@H](CO)[C@@H](O[C@@H]3O[C@H](CO[C@H]4O[C@H](CO)[C@@H](O)[C@H](O)[C@@H]4O)[C@@H](O)[C@H](O[C@H]4O[C@H](CO)[C@@H](O)[C@H](O)[C@@H]4O[C@@H]4O[C@H](CO)[C@@H](O)[C@H](O[C@@H]5O[C@H](CO)[C@H](O)[C@H](O[C@@H]6O[C@H](C(=O)O)[C@@H](O)[C@H](O)[C@H]6O)[C@H]5O)[C@H]4NC(C)=O)[C@@H]3O)[C@H](O)[C@H]2NC(C)=O)[C@@H](CO[C@@H]2O[C@@H](C)[C@@H](O)[C@@H](O)[C@@H]2O)O[C@H]1O. The molecule has 9 fully saturated rings. The van der Waals surface area contributed by atoms with Gasteiger partial charge in [0.1, 0.15) is 207 Å². The Hall–Kier alpha value is -3.76. The number of carboxylic acid groups (broad SMARTS) is 1. The van der Waals surface area contributed by atoms with Crippen molar-refractivity contribution in [2.75, 3.05) is 46.2 Å². The first-order chi connectivity index (χ1) is 51.4. The molecule has 9 rings (SSSR count). The van der Waals surface area contributed by atoms with Gasteiger partial charge in [-0.05, 0) is 6.92 Å². The summed E-state index contributed by atoms with van der Waals surface area (Å²) in [7, 11) is 0. The number of carbonyl (C=O) groups is 4. The van der Waals surface area contributed by atoms with E-state index in [0.29, 0.717) is 0 Å². The third-order valence-electron chi connectivity index (χ3n) is 19.9. The van der Waals surface area contributed by atoms with Crippen molar-refractivity contribution in [2.45, 2.75) is 304 Å². The summed E-state index contributed by atoms with van der Waals surface area (Å²) in [6.45, 7) is -3.47. The molecule has 0 radical (unpaired) electrons. The van der Waals surface area contributed by atoms with E-state index in [1.165, 1.54) is 6.92 Å². The number of ether oxygens (including phenoxy) is 17. The number of hydrogen-bond acceptors (Lipinski definition) is 45. The van der Waals surface area contributed by atoms with Crippen LogP contribution in [-0.4, -0.2) is 474 Å². The number of aliphatic hydroxyl groups excluding tert-OH is 24. The average molecular weight is 1600 g/mol. The van der Waals surface area contributed by atoms with E-state index in [9.17, 15) is 147 Å². The van der Waals surface area contributed by atoms with Crippen molar-refractivity contribution < 1.29 is 227 Å². The highest BCUT2D eigenvalue weighted by atomic mass is 16.8. The van der Waals surface area contributed by atoms with Gasteiger partial charge in [0.2, 0.25) is 17.7 Å². The molecule has 0 aromatic heterocycles. The number of aliphatic carboxylic acids is 1. The summed E-state index contributed by atoms with van der Waals surface area (Å²) in [5.41, 5.74) is 0. The number of carboxylic acids is 1. The van der Waals surface area contributed by atoms with Crippen LogP contribution >= 0.6 is 0 Å². The summed E-state index contributed by atoms with van der Waals surface area (Å²) in [5.74, 6) is -4.67. The maximum atomic E-state index is 13.2. The Bertz CT molecular complexity index is 2910. The van der Waals surface area contributed by atoms with Gasteiger partial charge in [-0.1, -0.05) is 0 Å². The van der Waals surface area contributed by atoms with Gasteiger partial charge in [-0.25, -0.2) is 4.79 Å². The van der Waals surface area contributed by atoms with Gasteiger partial charge in [0.25, 0.3) is 0 Å². The third kappa shape index (κ3) is 19.5. The molecule has 0 aromatic rings. The zero-order valence-corrected chi connectivity index (χ0v) is 58.2. The minimum atomic E-state index is -2.55. The molecular formula is C60H99N3O46. The second-order valence-electron chi connectivity index (χ2n) is 27.5. The van der Waals surface area contributed by atoms with Gasteiger partial charge in [-0.3, -0.25) is 14.4 Å². The van der Waals surface area contributed by atoms with Crippen molar-refractivity contribution in [1.29, 1.82) is 0 Å². The van der Waals surface area contributed by atoms with Crippen LogP contribution in [0.2, 0.25) is 0 Å². The molecule has 0 aromatic carbocycles. The lowest BCUT2D eigenvalue weighted by Gasteiger charge is -2.51. The number of aliphatic hydroxyl groups is 24. The van der Waals surface area contributed by atoms with Gasteiger partial charge in [-0.15, -0.1) is 0 Å². The van der Waals surface area contributed by atoms with E-state index in [4.69, 9.17) is 80.5 Å². The van der Waals surface area contributed by atoms with E-state index in [1.54, 1.807) is 0 Å². The molecule has 28 N–H and O–H groups in total. The number of rotatable bonds is 27. The quantitative estimate of drug-likeness (QED) is 0.0363. The van der Waals surface area contributed by atoms with Crippen LogP contribution in [0.4, 0.5) is 0 Å². The van der Waals surface area contributed by atoms with E-state index in [-0.39, 0.29) is 0 Å². The Balaban J connectivity index is 1.02. The first-order valence-corrected chi connectivity index (χ1v) is 34.5. The molecule has 9 aliphatic rings. The van der Waals surface area contributed by atoms with Crippen LogP contribution in [0.25, 0.3) is 0 Å². The summed E-state index contributed by atoms with van der Waals surface area (Å²) < 4.78 is 99.1. The van der Waals surface area contributed by atoms with E-state index in [0.717, 1.165) is 20.8 Å². The summed E-state index contributed by atoms with van der Waals surface area (Å²) in [6.07, 6.45) is -88.1. The molecule has 0 spiro atoms. The molecule has 109 heavy (non-hydrogen) atoms. The normalized spacial score (nSPS) is 50.0. The monoisotopic (exact) mass is 1600 g/mol. The number of amides is 3. The molecule has 630 valence electrons. The molecule has 0 bridgehead atoms. The maximum Gasteiger partial charge on any atom is 0.335 e. The summed E-state index contributed by atoms with van der Waals surface area (Å²) in [6, 6.07) is -5.73. The van der Waals surface area contributed by atoms with Crippen LogP contribution in [-0.2, 0) is 99.7 Å². The Kier molecular flexibility index (Phi) is 31.4. The predicted molar refractivity (Wildman–Crippen MR) is 331 cm³/mol. The Morgan fingerprint density at radius 2 is 0.633 bits per heavy atom. The van der Waals surface area contributed by atoms with E-state index >= 15 is 0 Å². The van der Waals surface area contributed by atoms with Crippen LogP contribution in [0.15, 0.2) is 0 Å². The minimum Gasteiger partial charge on any atom is -0.479 e. The lowest BCUT2D eigenvalue weighted by molar-refractivity contribution is -0.398. The highest BCUT2D eigenvalue weighted by molar-refractivity contribution is 5.74. The fraction of sp³-hybridized carbons (Fsp3) is 0.933. The Labute approximate surface area is 615 Å². The second kappa shape index (κ2) is 38.3. The van der Waals surface area contributed by atoms with Gasteiger partial charge >= 0.3 is 5.97 Å². The van der Waals surface area contributed by atoms with E-state index in [2.05, 4.69) is 16.0 Å². The standard InChI is InChI=1S/C60H99N3O46/c1-12-26(72)34(80)39(85)55(95-12)94-11-22-45(32(78)23(52(92)96-22)61-13(2)69)103-53-24(62-14(3)70)33(79)44(20(9-68)101-53)104-59-43(89)48(31(77)21(102-59)10-93-56-40(86)35(81)27(73)16(5-64)98-56)107-60-50(37(83)28(74)17(6-65)100-60)109-54-25(63-15(4)71)46(29(75)18(7-66)97-54)105-58-42(88)47(30(76)19(8-67)99-58)106-57-41(87)36(82)38(84)49(108-57)51(90)91/h12,16-50,52-60,64-68,72-89,92H,5-11H2,1-4H3,(H,61,69)(H,62,70)(H,63,71)(H,90,91)/t12-,16+,17+,18+,19+,20+,21+,22+,23+,24+,25+,26+,27+,28+,29+,30-,31+,32+,33+,34+,35-,36-,37-,38-,39-,40-,41+,42+,43-,44+,45+,46+,47-,48-,49-,50-,52+,53-,54-,55+,56-,57+,58-,59-,60+/m0/s1. The smallest absolute Gasteiger partial charge is 0.335 e. The maximum absolute atomic E-state index is 13.2. The van der Waals surface area contributed by atoms with Crippen molar-refractivity contribution in [3.05, 3.63) is 0 Å². The van der Waals surface area contributed by atoms with E-state index in [1.807, 2.05) is 0 Å². The molecule has 45 atom stereocenters. The van der Waals surface area contributed by atoms with Crippen LogP contribution in [0.3, 0.4) is 0 Å². The third-order valence-corrected chi connectivity index (χ3v) is 19.9. The first kappa shape index (κ1) is 89.2. The zero-order valence-electron chi connectivity index (χ0n) is 58.2. The molecule has 49 heteroatoms. The minimum absolute atomic E-state index is 0.822. The number of carbonyl (C=O) groups excluding carboxylic acids is 3. The topological polar surface area (TPSA) is 767 Å². The van der Waals surface area contributed by atoms with Gasteiger partial charge in [-0.2, -0.15) is 0 Å². The van der Waals surface area contributed by atoms with Crippen molar-refractivity contribution >= 4 is 23.7 Å². The number of hydrogen-bond donors (Lipinski definition) is 28. The van der Waals surface area contributed by atoms with Crippen molar-refractivity contribution in [3.8, 4) is 0 Å². The predicted octanol–water partition coefficient (Wildman–Crippen LogP) is -19.1. The van der Waals surface area contributed by atoms with Crippen LogP contribution in [0.5, 0.6) is 0 Å². The Morgan fingerprint density at radius 1 is 0.284 bits per heavy atom. The highest BCUT2D eigenvalue weighted by Crippen LogP contribution is 2.40. The molecule has 49 nitrogen and oxygen atoms in total. The highest BCUT2D eigenvalue weighted by Gasteiger charge is 2.61.